The first-order chi connectivity index (χ1) is 7.23. The van der Waals surface area contributed by atoms with E-state index in [1.54, 1.807) is 0 Å². The third-order valence-corrected chi connectivity index (χ3v) is 5.77. The maximum atomic E-state index is 8.82. The molecule has 0 amide bonds. The Morgan fingerprint density at radius 1 is 1.20 bits per heavy atom. The van der Waals surface area contributed by atoms with Crippen LogP contribution in [0.2, 0.25) is 0 Å². The molecule has 3 rings (SSSR count). The molecule has 3 heteroatoms. The molecule has 0 aliphatic heterocycles. The normalized spacial score (nSPS) is 45.9. The molecular formula is C12H19N3. The van der Waals surface area contributed by atoms with Gasteiger partial charge in [0.2, 0.25) is 0 Å². The number of hydrogen-bond acceptors (Lipinski definition) is 1. The van der Waals surface area contributed by atoms with Crippen LogP contribution in [0.1, 0.15) is 51.9 Å². The summed E-state index contributed by atoms with van der Waals surface area (Å²) in [6, 6.07) is 0. The second kappa shape index (κ2) is 2.91. The molecule has 3 saturated carbocycles. The Bertz CT molecular complexity index is 326. The lowest BCUT2D eigenvalue weighted by Crippen LogP contribution is -2.47. The van der Waals surface area contributed by atoms with Gasteiger partial charge in [-0.1, -0.05) is 24.9 Å². The lowest BCUT2D eigenvalue weighted by Gasteiger charge is -2.47. The van der Waals surface area contributed by atoms with Crippen molar-refractivity contribution in [3.8, 4) is 0 Å². The zero-order chi connectivity index (χ0) is 10.5. The van der Waals surface area contributed by atoms with Gasteiger partial charge in [-0.2, -0.15) is 0 Å². The van der Waals surface area contributed by atoms with Gasteiger partial charge in [0.25, 0.3) is 0 Å². The molecule has 1 unspecified atom stereocenters. The highest BCUT2D eigenvalue weighted by Gasteiger charge is 2.64. The van der Waals surface area contributed by atoms with Gasteiger partial charge in [-0.3, -0.25) is 0 Å². The predicted octanol–water partition coefficient (Wildman–Crippen LogP) is 4.05. The van der Waals surface area contributed by atoms with E-state index in [4.69, 9.17) is 5.53 Å². The summed E-state index contributed by atoms with van der Waals surface area (Å²) in [5.74, 6) is 1.54. The second-order valence-electron chi connectivity index (χ2n) is 5.91. The minimum absolute atomic E-state index is 0.0544. The molecule has 3 aliphatic rings. The van der Waals surface area contributed by atoms with Crippen LogP contribution in [0.3, 0.4) is 0 Å². The summed E-state index contributed by atoms with van der Waals surface area (Å²) in [5.41, 5.74) is 9.16. The van der Waals surface area contributed by atoms with Crippen LogP contribution < -0.4 is 0 Å². The minimum atomic E-state index is -0.0544. The number of azide groups is 1. The standard InChI is InChI=1S/C12H19N3/c1-11(14-15-13)9-4-5-10(8-9)12(11)6-2-3-7-12/h9-10H,2-8H2,1H3/t9-,10+,11?/m1/s1. The first-order valence-electron chi connectivity index (χ1n) is 6.29. The van der Waals surface area contributed by atoms with Crippen molar-refractivity contribution < 1.29 is 0 Å². The summed E-state index contributed by atoms with van der Waals surface area (Å²) in [5, 5.41) is 4.25. The van der Waals surface area contributed by atoms with Crippen LogP contribution in [0, 0.1) is 17.3 Å². The molecule has 0 radical (unpaired) electrons. The molecule has 1 spiro atoms. The topological polar surface area (TPSA) is 48.8 Å². The average Bonchev–Trinajstić information content (AvgIpc) is 2.90. The molecule has 0 saturated heterocycles. The van der Waals surface area contributed by atoms with Crippen molar-refractivity contribution in [1.29, 1.82) is 0 Å². The van der Waals surface area contributed by atoms with Crippen molar-refractivity contribution in [2.75, 3.05) is 0 Å². The van der Waals surface area contributed by atoms with Crippen molar-refractivity contribution in [1.82, 2.24) is 0 Å². The van der Waals surface area contributed by atoms with Gasteiger partial charge in [-0.15, -0.1) is 0 Å². The van der Waals surface area contributed by atoms with Gasteiger partial charge in [0, 0.05) is 4.91 Å². The molecule has 0 N–H and O–H groups in total. The smallest absolute Gasteiger partial charge is 0.0547 e. The highest BCUT2D eigenvalue weighted by atomic mass is 15.2. The molecule has 15 heavy (non-hydrogen) atoms. The Morgan fingerprint density at radius 3 is 2.53 bits per heavy atom. The van der Waals surface area contributed by atoms with Crippen LogP contribution in [0.5, 0.6) is 0 Å². The summed E-state index contributed by atoms with van der Waals surface area (Å²) < 4.78 is 0. The molecule has 0 aromatic heterocycles. The largest absolute Gasteiger partial charge is 0.0867 e. The van der Waals surface area contributed by atoms with Gasteiger partial charge in [0.1, 0.15) is 0 Å². The number of fused-ring (bicyclic) bond motifs is 3. The van der Waals surface area contributed by atoms with Gasteiger partial charge >= 0.3 is 0 Å². The van der Waals surface area contributed by atoms with Crippen molar-refractivity contribution in [2.45, 2.75) is 57.4 Å². The summed E-state index contributed by atoms with van der Waals surface area (Å²) in [6.07, 6.45) is 9.32. The fraction of sp³-hybridized carbons (Fsp3) is 1.00. The van der Waals surface area contributed by atoms with E-state index in [0.717, 1.165) is 5.92 Å². The molecule has 3 atom stereocenters. The molecule has 0 aromatic carbocycles. The van der Waals surface area contributed by atoms with Crippen molar-refractivity contribution in [3.63, 3.8) is 0 Å². The van der Waals surface area contributed by atoms with Gasteiger partial charge in [-0.25, -0.2) is 0 Å². The molecule has 0 aromatic rings. The van der Waals surface area contributed by atoms with Crippen LogP contribution in [-0.4, -0.2) is 5.54 Å². The maximum absolute atomic E-state index is 8.82. The summed E-state index contributed by atoms with van der Waals surface area (Å²) in [6.45, 7) is 2.24. The number of nitrogens with zero attached hydrogens (tertiary/aromatic N) is 3. The fourth-order valence-corrected chi connectivity index (χ4v) is 5.01. The van der Waals surface area contributed by atoms with Gasteiger partial charge in [-0.05, 0) is 54.9 Å². The lowest BCUT2D eigenvalue weighted by molar-refractivity contribution is 0.0680. The lowest BCUT2D eigenvalue weighted by atomic mass is 9.61. The second-order valence-corrected chi connectivity index (χ2v) is 5.91. The van der Waals surface area contributed by atoms with Crippen molar-refractivity contribution in [2.24, 2.45) is 22.4 Å². The molecule has 2 bridgehead atoms. The molecule has 3 aliphatic carbocycles. The minimum Gasteiger partial charge on any atom is -0.0867 e. The van der Waals surface area contributed by atoms with Crippen molar-refractivity contribution >= 4 is 0 Å². The van der Waals surface area contributed by atoms with Crippen LogP contribution in [-0.2, 0) is 0 Å². The van der Waals surface area contributed by atoms with Crippen LogP contribution in [0.4, 0.5) is 0 Å². The zero-order valence-electron chi connectivity index (χ0n) is 9.45. The van der Waals surface area contributed by atoms with Crippen LogP contribution in [0.15, 0.2) is 5.11 Å². The van der Waals surface area contributed by atoms with E-state index in [2.05, 4.69) is 16.9 Å². The van der Waals surface area contributed by atoms with E-state index in [9.17, 15) is 0 Å². The Labute approximate surface area is 90.9 Å². The Kier molecular flexibility index (Phi) is 1.85. The molecular weight excluding hydrogens is 186 g/mol. The third kappa shape index (κ3) is 0.951. The summed E-state index contributed by atoms with van der Waals surface area (Å²) in [4.78, 5) is 3.15. The van der Waals surface area contributed by atoms with E-state index in [0.29, 0.717) is 11.3 Å². The zero-order valence-corrected chi connectivity index (χ0v) is 9.45. The molecule has 82 valence electrons. The van der Waals surface area contributed by atoms with E-state index in [1.807, 2.05) is 0 Å². The Hall–Kier alpha value is -0.690. The number of hydrogen-bond donors (Lipinski definition) is 0. The molecule has 3 fully saturated rings. The monoisotopic (exact) mass is 205 g/mol. The predicted molar refractivity (Wildman–Crippen MR) is 59.3 cm³/mol. The van der Waals surface area contributed by atoms with E-state index < -0.39 is 0 Å². The van der Waals surface area contributed by atoms with Crippen molar-refractivity contribution in [3.05, 3.63) is 10.4 Å². The quantitative estimate of drug-likeness (QED) is 0.352. The van der Waals surface area contributed by atoms with Crippen LogP contribution in [0.25, 0.3) is 10.4 Å². The van der Waals surface area contributed by atoms with E-state index in [-0.39, 0.29) is 5.54 Å². The summed E-state index contributed by atoms with van der Waals surface area (Å²) >= 11 is 0. The van der Waals surface area contributed by atoms with Gasteiger partial charge in [0.15, 0.2) is 0 Å². The number of rotatable bonds is 1. The SMILES string of the molecule is CC1(N=[N+]=[N-])[C@@H]2CC[C@@H](C2)C12CCCC2. The molecule has 3 nitrogen and oxygen atoms in total. The Morgan fingerprint density at radius 2 is 1.87 bits per heavy atom. The third-order valence-electron chi connectivity index (χ3n) is 5.77. The summed E-state index contributed by atoms with van der Waals surface area (Å²) in [7, 11) is 0. The highest BCUT2D eigenvalue weighted by molar-refractivity contribution is 5.18. The van der Waals surface area contributed by atoms with Gasteiger partial charge in [0.05, 0.1) is 5.54 Å². The van der Waals surface area contributed by atoms with E-state index in [1.165, 1.54) is 44.9 Å². The first-order valence-corrected chi connectivity index (χ1v) is 6.29. The van der Waals surface area contributed by atoms with E-state index >= 15 is 0 Å². The first kappa shape index (κ1) is 9.53. The Balaban J connectivity index is 2.07. The average molecular weight is 205 g/mol. The molecule has 0 heterocycles. The maximum Gasteiger partial charge on any atom is 0.0547 e. The fourth-order valence-electron chi connectivity index (χ4n) is 5.01. The highest BCUT2D eigenvalue weighted by Crippen LogP contribution is 2.69. The van der Waals surface area contributed by atoms with Gasteiger partial charge < -0.3 is 0 Å². The van der Waals surface area contributed by atoms with Crippen LogP contribution >= 0.6 is 0 Å².